The second-order valence-electron chi connectivity index (χ2n) is 17.7. The third-order valence-corrected chi connectivity index (χ3v) is 13.7. The topological polar surface area (TPSA) is 0 Å². The largest absolute Gasteiger partial charge is 0.0616 e. The van der Waals surface area contributed by atoms with Crippen molar-refractivity contribution >= 4 is 64.6 Å². The predicted octanol–water partition coefficient (Wildman–Crippen LogP) is 18.6. The van der Waals surface area contributed by atoms with E-state index in [4.69, 9.17) is 0 Å². The fourth-order valence-corrected chi connectivity index (χ4v) is 10.4. The summed E-state index contributed by atoms with van der Waals surface area (Å²) in [5, 5.41) is 15.0. The van der Waals surface area contributed by atoms with Gasteiger partial charge in [-0.3, -0.25) is 0 Å². The Bertz CT molecular complexity index is 4060. The normalized spacial score (nSPS) is 11.6. The number of rotatable bonds is 6. The summed E-state index contributed by atoms with van der Waals surface area (Å²) in [5.74, 6) is 0. The Morgan fingerprint density at radius 2 is 0.561 bits per heavy atom. The average molecular weight is 835 g/mol. The van der Waals surface area contributed by atoms with E-state index in [9.17, 15) is 0 Å². The van der Waals surface area contributed by atoms with E-state index in [0.717, 1.165) is 0 Å². The summed E-state index contributed by atoms with van der Waals surface area (Å²) in [5.41, 5.74) is 14.6. The molecule has 306 valence electrons. The van der Waals surface area contributed by atoms with Gasteiger partial charge in [-0.2, -0.15) is 0 Å². The van der Waals surface area contributed by atoms with Crippen molar-refractivity contribution in [1.29, 1.82) is 0 Å². The molecule has 0 N–H and O–H groups in total. The maximum absolute atomic E-state index is 2.42. The second-order valence-corrected chi connectivity index (χ2v) is 17.7. The average Bonchev–Trinajstić information content (AvgIpc) is 3.39. The van der Waals surface area contributed by atoms with Gasteiger partial charge in [0, 0.05) is 0 Å². The molecule has 13 aromatic rings. The molecular weight excluding hydrogens is 793 g/mol. The van der Waals surface area contributed by atoms with Crippen LogP contribution in [0.15, 0.2) is 255 Å². The molecule has 0 unspecified atom stereocenters. The number of hydrogen-bond acceptors (Lipinski definition) is 0. The Kier molecular flexibility index (Phi) is 8.96. The minimum atomic E-state index is 1.20. The smallest absolute Gasteiger partial charge is 0.00264 e. The lowest BCUT2D eigenvalue weighted by Crippen LogP contribution is -1.90. The molecule has 0 saturated heterocycles. The first kappa shape index (κ1) is 37.9. The molecule has 0 aliphatic rings. The molecule has 0 aliphatic heterocycles. The van der Waals surface area contributed by atoms with E-state index < -0.39 is 0 Å². The maximum Gasteiger partial charge on any atom is -0.00264 e. The van der Waals surface area contributed by atoms with Gasteiger partial charge in [-0.1, -0.05) is 200 Å². The molecule has 0 saturated carbocycles. The summed E-state index contributed by atoms with van der Waals surface area (Å²) in [7, 11) is 0. The maximum atomic E-state index is 2.42. The van der Waals surface area contributed by atoms with Crippen LogP contribution in [0.1, 0.15) is 0 Å². The van der Waals surface area contributed by atoms with Crippen LogP contribution in [0, 0.1) is 0 Å². The van der Waals surface area contributed by atoms with Crippen LogP contribution in [0.3, 0.4) is 0 Å². The minimum absolute atomic E-state index is 1.20. The molecule has 0 radical (unpaired) electrons. The van der Waals surface area contributed by atoms with Crippen molar-refractivity contribution in [3.63, 3.8) is 0 Å². The van der Waals surface area contributed by atoms with Crippen LogP contribution in [0.2, 0.25) is 0 Å². The van der Waals surface area contributed by atoms with Gasteiger partial charge in [0.25, 0.3) is 0 Å². The van der Waals surface area contributed by atoms with E-state index in [1.54, 1.807) is 0 Å². The monoisotopic (exact) mass is 834 g/mol. The fourth-order valence-electron chi connectivity index (χ4n) is 10.4. The lowest BCUT2D eigenvalue weighted by atomic mass is 9.87. The van der Waals surface area contributed by atoms with Gasteiger partial charge in [-0.15, -0.1) is 0 Å². The standard InChI is InChI=1S/C66H42/c1-3-14-45-34-51(28-26-43(45)12-1)47-17-9-19-49(36-47)53-32-33-61-59(38-53)40-57-31-30-54(50-20-10-18-48(37-50)52-29-27-44-13-2-4-15-46(44)35-52)41-65(57)66(61)58-22-11-21-55(39-58)64-42-56-16-5-6-23-60(56)62-24-7-8-25-63(62)64/h1-42H. The van der Waals surface area contributed by atoms with Gasteiger partial charge in [0.05, 0.1) is 0 Å². The molecule has 0 heteroatoms. The first-order valence-corrected chi connectivity index (χ1v) is 22.9. The van der Waals surface area contributed by atoms with Crippen molar-refractivity contribution in [3.8, 4) is 66.8 Å². The predicted molar refractivity (Wildman–Crippen MR) is 284 cm³/mol. The molecule has 0 atom stereocenters. The summed E-state index contributed by atoms with van der Waals surface area (Å²) >= 11 is 0. The SMILES string of the molecule is c1cc(-c2ccc3ccccc3c2)cc(-c2ccc3c(-c4cccc(-c5cc6ccccc6c6ccccc56)c4)c4cc(-c5cccc(-c6ccc7ccccc7c6)c5)ccc4cc3c2)c1. The van der Waals surface area contributed by atoms with Crippen LogP contribution in [0.5, 0.6) is 0 Å². The highest BCUT2D eigenvalue weighted by Gasteiger charge is 2.16. The molecule has 13 aromatic carbocycles. The van der Waals surface area contributed by atoms with Gasteiger partial charge in [0.15, 0.2) is 0 Å². The molecule has 0 bridgehead atoms. The van der Waals surface area contributed by atoms with E-state index in [1.165, 1.54) is 131 Å². The van der Waals surface area contributed by atoms with Gasteiger partial charge < -0.3 is 0 Å². The molecule has 66 heavy (non-hydrogen) atoms. The Labute approximate surface area is 384 Å². The summed E-state index contributed by atoms with van der Waals surface area (Å²) < 4.78 is 0. The second kappa shape index (κ2) is 15.6. The fraction of sp³-hybridized carbons (Fsp3) is 0. The van der Waals surface area contributed by atoms with Crippen molar-refractivity contribution in [2.75, 3.05) is 0 Å². The lowest BCUT2D eigenvalue weighted by molar-refractivity contribution is 1.60. The highest BCUT2D eigenvalue weighted by Crippen LogP contribution is 2.43. The molecule has 0 aliphatic carbocycles. The molecule has 13 rings (SSSR count). The molecule has 0 spiro atoms. The van der Waals surface area contributed by atoms with E-state index in [1.807, 2.05) is 0 Å². The van der Waals surface area contributed by atoms with Gasteiger partial charge in [0.2, 0.25) is 0 Å². The van der Waals surface area contributed by atoms with Crippen LogP contribution >= 0.6 is 0 Å². The van der Waals surface area contributed by atoms with E-state index in [0.29, 0.717) is 0 Å². The van der Waals surface area contributed by atoms with Crippen LogP contribution in [0.4, 0.5) is 0 Å². The van der Waals surface area contributed by atoms with Crippen molar-refractivity contribution in [2.45, 2.75) is 0 Å². The summed E-state index contributed by atoms with van der Waals surface area (Å²) in [6.45, 7) is 0. The highest BCUT2D eigenvalue weighted by atomic mass is 14.2. The third kappa shape index (κ3) is 6.62. The van der Waals surface area contributed by atoms with Crippen molar-refractivity contribution in [1.82, 2.24) is 0 Å². The van der Waals surface area contributed by atoms with Gasteiger partial charge in [0.1, 0.15) is 0 Å². The quantitative estimate of drug-likeness (QED) is 0.116. The first-order valence-electron chi connectivity index (χ1n) is 22.9. The summed E-state index contributed by atoms with van der Waals surface area (Å²) in [6, 6.07) is 94.4. The number of benzene rings is 13. The molecular formula is C66H42. The zero-order chi connectivity index (χ0) is 43.6. The van der Waals surface area contributed by atoms with Gasteiger partial charge >= 0.3 is 0 Å². The Hall–Kier alpha value is -8.58. The minimum Gasteiger partial charge on any atom is -0.0616 e. The van der Waals surface area contributed by atoms with Gasteiger partial charge in [-0.25, -0.2) is 0 Å². The molecule has 0 fully saturated rings. The number of fused-ring (bicyclic) bond motifs is 7. The van der Waals surface area contributed by atoms with Crippen molar-refractivity contribution < 1.29 is 0 Å². The Morgan fingerprint density at radius 1 is 0.152 bits per heavy atom. The van der Waals surface area contributed by atoms with Crippen LogP contribution in [0.25, 0.3) is 131 Å². The van der Waals surface area contributed by atoms with Crippen molar-refractivity contribution in [2.24, 2.45) is 0 Å². The third-order valence-electron chi connectivity index (χ3n) is 13.7. The van der Waals surface area contributed by atoms with E-state index >= 15 is 0 Å². The van der Waals surface area contributed by atoms with Crippen LogP contribution in [-0.4, -0.2) is 0 Å². The zero-order valence-electron chi connectivity index (χ0n) is 36.2. The summed E-state index contributed by atoms with van der Waals surface area (Å²) in [4.78, 5) is 0. The highest BCUT2D eigenvalue weighted by molar-refractivity contribution is 6.16. The van der Waals surface area contributed by atoms with E-state index in [2.05, 4.69) is 255 Å². The van der Waals surface area contributed by atoms with Crippen LogP contribution < -0.4 is 0 Å². The molecule has 0 amide bonds. The van der Waals surface area contributed by atoms with E-state index in [-0.39, 0.29) is 0 Å². The zero-order valence-corrected chi connectivity index (χ0v) is 36.2. The van der Waals surface area contributed by atoms with Crippen LogP contribution in [-0.2, 0) is 0 Å². The Morgan fingerprint density at radius 3 is 1.18 bits per heavy atom. The lowest BCUT2D eigenvalue weighted by Gasteiger charge is -2.17. The molecule has 0 aromatic heterocycles. The summed E-state index contributed by atoms with van der Waals surface area (Å²) in [6.07, 6.45) is 0. The molecule has 0 nitrogen and oxygen atoms in total. The van der Waals surface area contributed by atoms with Crippen molar-refractivity contribution in [3.05, 3.63) is 255 Å². The first-order chi connectivity index (χ1) is 32.7. The number of hydrogen-bond donors (Lipinski definition) is 0. The molecule has 0 heterocycles. The van der Waals surface area contributed by atoms with Gasteiger partial charge in [-0.05, 0) is 186 Å². The Balaban J connectivity index is 0.983.